The molecule has 1 unspecified atom stereocenters. The number of aryl methyl sites for hydroxylation is 2. The molecule has 0 saturated carbocycles. The summed E-state index contributed by atoms with van der Waals surface area (Å²) in [7, 11) is 0. The minimum Gasteiger partial charge on any atom is -0.382 e. The molecule has 0 aliphatic rings. The van der Waals surface area contributed by atoms with E-state index in [4.69, 9.17) is 0 Å². The van der Waals surface area contributed by atoms with Gasteiger partial charge in [-0.15, -0.1) is 0 Å². The predicted molar refractivity (Wildman–Crippen MR) is 84.4 cm³/mol. The molecule has 0 aliphatic carbocycles. The molecule has 112 valence electrons. The second-order valence-corrected chi connectivity index (χ2v) is 5.61. The fourth-order valence-electron chi connectivity index (χ4n) is 2.37. The molecule has 0 aliphatic heterocycles. The standard InChI is InChI=1S/C16H26N2O2/c1-5-6-7-8-9-14(4)17-15-10-13(3)16(18(19)20)11-12(15)2/h10-11,14,17H,5-9H2,1-4H3. The van der Waals surface area contributed by atoms with E-state index in [0.29, 0.717) is 11.6 Å². The van der Waals surface area contributed by atoms with Crippen molar-refractivity contribution >= 4 is 11.4 Å². The minimum absolute atomic E-state index is 0.198. The molecule has 0 spiro atoms. The van der Waals surface area contributed by atoms with Crippen molar-refractivity contribution in [2.24, 2.45) is 0 Å². The Balaban J connectivity index is 2.63. The lowest BCUT2D eigenvalue weighted by atomic mass is 10.1. The number of nitrogens with zero attached hydrogens (tertiary/aromatic N) is 1. The Morgan fingerprint density at radius 3 is 2.50 bits per heavy atom. The predicted octanol–water partition coefficient (Wildman–Crippen LogP) is 4.98. The van der Waals surface area contributed by atoms with Gasteiger partial charge in [-0.25, -0.2) is 0 Å². The summed E-state index contributed by atoms with van der Waals surface area (Å²) in [6.07, 6.45) is 6.19. The molecule has 1 rings (SSSR count). The van der Waals surface area contributed by atoms with Gasteiger partial charge in [0.25, 0.3) is 5.69 Å². The van der Waals surface area contributed by atoms with Gasteiger partial charge in [-0.2, -0.15) is 0 Å². The Labute approximate surface area is 121 Å². The van der Waals surface area contributed by atoms with Gasteiger partial charge in [-0.05, 0) is 38.8 Å². The zero-order valence-electron chi connectivity index (χ0n) is 13.0. The topological polar surface area (TPSA) is 55.2 Å². The summed E-state index contributed by atoms with van der Waals surface area (Å²) in [6.45, 7) is 8.08. The van der Waals surface area contributed by atoms with Gasteiger partial charge < -0.3 is 5.32 Å². The third-order valence-corrected chi connectivity index (χ3v) is 3.63. The van der Waals surface area contributed by atoms with Crippen LogP contribution in [-0.2, 0) is 0 Å². The monoisotopic (exact) mass is 278 g/mol. The Kier molecular flexibility index (Phi) is 6.49. The fraction of sp³-hybridized carbons (Fsp3) is 0.625. The normalized spacial score (nSPS) is 12.2. The van der Waals surface area contributed by atoms with Gasteiger partial charge in [0.05, 0.1) is 4.92 Å². The van der Waals surface area contributed by atoms with E-state index in [1.54, 1.807) is 13.0 Å². The molecule has 1 atom stereocenters. The van der Waals surface area contributed by atoms with Crippen molar-refractivity contribution in [2.45, 2.75) is 65.8 Å². The Bertz CT molecular complexity index is 458. The van der Waals surface area contributed by atoms with Crippen molar-refractivity contribution in [3.8, 4) is 0 Å². The molecule has 0 fully saturated rings. The van der Waals surface area contributed by atoms with Crippen LogP contribution in [0.15, 0.2) is 12.1 Å². The number of nitrogens with one attached hydrogen (secondary N) is 1. The molecule has 1 N–H and O–H groups in total. The average molecular weight is 278 g/mol. The first-order valence-electron chi connectivity index (χ1n) is 7.47. The molecule has 0 saturated heterocycles. The lowest BCUT2D eigenvalue weighted by molar-refractivity contribution is -0.385. The molecule has 4 nitrogen and oxygen atoms in total. The van der Waals surface area contributed by atoms with Crippen LogP contribution in [0, 0.1) is 24.0 Å². The second-order valence-electron chi connectivity index (χ2n) is 5.61. The quantitative estimate of drug-likeness (QED) is 0.414. The summed E-state index contributed by atoms with van der Waals surface area (Å²) in [6, 6.07) is 3.93. The zero-order valence-corrected chi connectivity index (χ0v) is 13.0. The Morgan fingerprint density at radius 1 is 1.20 bits per heavy atom. The molecule has 20 heavy (non-hydrogen) atoms. The summed E-state index contributed by atoms with van der Waals surface area (Å²) >= 11 is 0. The number of anilines is 1. The van der Waals surface area contributed by atoms with Crippen LogP contribution in [0.3, 0.4) is 0 Å². The number of rotatable bonds is 8. The maximum absolute atomic E-state index is 10.9. The van der Waals surface area contributed by atoms with E-state index in [0.717, 1.165) is 17.7 Å². The van der Waals surface area contributed by atoms with Crippen molar-refractivity contribution in [3.05, 3.63) is 33.4 Å². The number of nitro benzene ring substituents is 1. The van der Waals surface area contributed by atoms with E-state index in [1.807, 2.05) is 13.0 Å². The van der Waals surface area contributed by atoms with Crippen molar-refractivity contribution in [1.82, 2.24) is 0 Å². The van der Waals surface area contributed by atoms with Gasteiger partial charge in [-0.1, -0.05) is 32.6 Å². The van der Waals surface area contributed by atoms with Crippen molar-refractivity contribution in [1.29, 1.82) is 0 Å². The van der Waals surface area contributed by atoms with Gasteiger partial charge in [-0.3, -0.25) is 10.1 Å². The average Bonchev–Trinajstić information content (AvgIpc) is 2.38. The molecule has 0 heterocycles. The third kappa shape index (κ3) is 4.83. The molecule has 0 aromatic heterocycles. The van der Waals surface area contributed by atoms with Gasteiger partial charge in [0.2, 0.25) is 0 Å². The number of hydrogen-bond donors (Lipinski definition) is 1. The Hall–Kier alpha value is -1.58. The molecule has 0 amide bonds. The van der Waals surface area contributed by atoms with E-state index >= 15 is 0 Å². The number of unbranched alkanes of at least 4 members (excludes halogenated alkanes) is 3. The van der Waals surface area contributed by atoms with Crippen LogP contribution >= 0.6 is 0 Å². The number of benzene rings is 1. The zero-order chi connectivity index (χ0) is 15.1. The maximum atomic E-state index is 10.9. The van der Waals surface area contributed by atoms with Gasteiger partial charge >= 0.3 is 0 Å². The van der Waals surface area contributed by atoms with Gasteiger partial charge in [0.15, 0.2) is 0 Å². The van der Waals surface area contributed by atoms with Crippen LogP contribution in [0.5, 0.6) is 0 Å². The number of hydrogen-bond acceptors (Lipinski definition) is 3. The van der Waals surface area contributed by atoms with Crippen LogP contribution in [0.2, 0.25) is 0 Å². The lowest BCUT2D eigenvalue weighted by Crippen LogP contribution is -2.16. The molecule has 4 heteroatoms. The third-order valence-electron chi connectivity index (χ3n) is 3.63. The number of nitro groups is 1. The van der Waals surface area contributed by atoms with E-state index < -0.39 is 0 Å². The first kappa shape index (κ1) is 16.5. The van der Waals surface area contributed by atoms with Crippen molar-refractivity contribution < 1.29 is 4.92 Å². The van der Waals surface area contributed by atoms with Crippen molar-refractivity contribution in [3.63, 3.8) is 0 Å². The van der Waals surface area contributed by atoms with Crippen LogP contribution in [0.4, 0.5) is 11.4 Å². The largest absolute Gasteiger partial charge is 0.382 e. The smallest absolute Gasteiger partial charge is 0.272 e. The highest BCUT2D eigenvalue weighted by molar-refractivity contribution is 5.59. The first-order chi connectivity index (χ1) is 9.45. The van der Waals surface area contributed by atoms with Crippen LogP contribution in [0.25, 0.3) is 0 Å². The van der Waals surface area contributed by atoms with Crippen molar-refractivity contribution in [2.75, 3.05) is 5.32 Å². The summed E-state index contributed by atoms with van der Waals surface area (Å²) in [4.78, 5) is 10.6. The highest BCUT2D eigenvalue weighted by Crippen LogP contribution is 2.26. The molecule has 1 aromatic carbocycles. The van der Waals surface area contributed by atoms with E-state index in [-0.39, 0.29) is 10.6 Å². The van der Waals surface area contributed by atoms with Crippen LogP contribution < -0.4 is 5.32 Å². The molecular weight excluding hydrogens is 252 g/mol. The van der Waals surface area contributed by atoms with E-state index in [2.05, 4.69) is 19.2 Å². The highest BCUT2D eigenvalue weighted by Gasteiger charge is 2.14. The summed E-state index contributed by atoms with van der Waals surface area (Å²) in [5, 5.41) is 14.4. The fourth-order valence-corrected chi connectivity index (χ4v) is 2.37. The summed E-state index contributed by atoms with van der Waals surface area (Å²) < 4.78 is 0. The maximum Gasteiger partial charge on any atom is 0.272 e. The molecule has 0 bridgehead atoms. The first-order valence-corrected chi connectivity index (χ1v) is 7.47. The summed E-state index contributed by atoms with van der Waals surface area (Å²) in [5.74, 6) is 0. The second kappa shape index (κ2) is 7.88. The minimum atomic E-state index is -0.319. The Morgan fingerprint density at radius 2 is 1.90 bits per heavy atom. The molecule has 0 radical (unpaired) electrons. The molecule has 1 aromatic rings. The van der Waals surface area contributed by atoms with Gasteiger partial charge in [0.1, 0.15) is 0 Å². The van der Waals surface area contributed by atoms with Gasteiger partial charge in [0, 0.05) is 23.4 Å². The SMILES string of the molecule is CCCCCCC(C)Nc1cc(C)c([N+](=O)[O-])cc1C. The lowest BCUT2D eigenvalue weighted by Gasteiger charge is -2.17. The van der Waals surface area contributed by atoms with E-state index in [1.165, 1.54) is 25.7 Å². The molecular formula is C16H26N2O2. The van der Waals surface area contributed by atoms with Crippen LogP contribution in [-0.4, -0.2) is 11.0 Å². The highest BCUT2D eigenvalue weighted by atomic mass is 16.6. The summed E-state index contributed by atoms with van der Waals surface area (Å²) in [5.41, 5.74) is 2.85. The van der Waals surface area contributed by atoms with E-state index in [9.17, 15) is 10.1 Å². The van der Waals surface area contributed by atoms with Crippen LogP contribution in [0.1, 0.15) is 57.1 Å².